The van der Waals surface area contributed by atoms with Crippen molar-refractivity contribution in [2.24, 2.45) is 0 Å². The summed E-state index contributed by atoms with van der Waals surface area (Å²) in [5, 5.41) is 3.49. The van der Waals surface area contributed by atoms with E-state index in [2.05, 4.69) is 21.9 Å². The number of hydrogen-bond acceptors (Lipinski definition) is 3. The van der Waals surface area contributed by atoms with E-state index in [-0.39, 0.29) is 0 Å². The van der Waals surface area contributed by atoms with E-state index in [0.29, 0.717) is 0 Å². The first kappa shape index (κ1) is 14.3. The first-order valence-corrected chi connectivity index (χ1v) is 7.79. The Morgan fingerprint density at radius 2 is 1.62 bits per heavy atom. The number of fused-ring (bicyclic) bond motifs is 1. The maximum atomic E-state index is 5.22. The van der Waals surface area contributed by atoms with Crippen LogP contribution in [0.15, 0.2) is 79.0 Å². The number of aromatic nitrogens is 2. The van der Waals surface area contributed by atoms with E-state index in [1.165, 1.54) is 0 Å². The molecule has 2 aromatic heterocycles. The lowest BCUT2D eigenvalue weighted by atomic mass is 10.1. The van der Waals surface area contributed by atoms with Crippen LogP contribution in [0.5, 0.6) is 5.75 Å². The van der Waals surface area contributed by atoms with Gasteiger partial charge in [-0.3, -0.25) is 4.40 Å². The molecule has 4 nitrogen and oxygen atoms in total. The van der Waals surface area contributed by atoms with E-state index in [4.69, 9.17) is 9.72 Å². The van der Waals surface area contributed by atoms with Crippen molar-refractivity contribution in [3.63, 3.8) is 0 Å². The number of imidazole rings is 1. The van der Waals surface area contributed by atoms with Crippen LogP contribution < -0.4 is 10.1 Å². The van der Waals surface area contributed by atoms with Gasteiger partial charge in [0.2, 0.25) is 0 Å². The third-order valence-electron chi connectivity index (χ3n) is 3.93. The highest BCUT2D eigenvalue weighted by atomic mass is 16.5. The second-order valence-electron chi connectivity index (χ2n) is 5.46. The second kappa shape index (κ2) is 6.08. The lowest BCUT2D eigenvalue weighted by Gasteiger charge is -2.09. The number of benzene rings is 2. The summed E-state index contributed by atoms with van der Waals surface area (Å²) < 4.78 is 7.28. The maximum absolute atomic E-state index is 5.22. The number of hydrogen-bond donors (Lipinski definition) is 1. The molecule has 0 fully saturated rings. The van der Waals surface area contributed by atoms with Gasteiger partial charge in [-0.05, 0) is 36.4 Å². The van der Waals surface area contributed by atoms with Crippen LogP contribution >= 0.6 is 0 Å². The third kappa shape index (κ3) is 2.58. The predicted molar refractivity (Wildman–Crippen MR) is 96.9 cm³/mol. The van der Waals surface area contributed by atoms with Crippen LogP contribution in [0.1, 0.15) is 0 Å². The lowest BCUT2D eigenvalue weighted by molar-refractivity contribution is 0.415. The molecule has 0 unspecified atom stereocenters. The van der Waals surface area contributed by atoms with Gasteiger partial charge in [0, 0.05) is 17.4 Å². The zero-order chi connectivity index (χ0) is 16.4. The normalized spacial score (nSPS) is 10.7. The van der Waals surface area contributed by atoms with Crippen LogP contribution in [-0.2, 0) is 0 Å². The molecule has 4 rings (SSSR count). The first-order chi connectivity index (χ1) is 11.8. The SMILES string of the molecule is COc1ccc(Nc2c(-c3ccccc3)nc3ccccn23)cc1. The summed E-state index contributed by atoms with van der Waals surface area (Å²) in [4.78, 5) is 4.79. The van der Waals surface area contributed by atoms with E-state index < -0.39 is 0 Å². The van der Waals surface area contributed by atoms with Crippen molar-refractivity contribution in [1.82, 2.24) is 9.38 Å². The molecule has 0 saturated heterocycles. The molecule has 2 aromatic carbocycles. The van der Waals surface area contributed by atoms with Gasteiger partial charge in [-0.1, -0.05) is 36.4 Å². The Balaban J connectivity index is 1.83. The van der Waals surface area contributed by atoms with Gasteiger partial charge in [0.15, 0.2) is 0 Å². The summed E-state index contributed by atoms with van der Waals surface area (Å²) in [6.45, 7) is 0. The van der Waals surface area contributed by atoms with Crippen molar-refractivity contribution in [3.05, 3.63) is 79.0 Å². The summed E-state index contributed by atoms with van der Waals surface area (Å²) >= 11 is 0. The Kier molecular flexibility index (Phi) is 3.63. The molecule has 0 radical (unpaired) electrons. The number of anilines is 2. The zero-order valence-electron chi connectivity index (χ0n) is 13.3. The van der Waals surface area contributed by atoms with Crippen LogP contribution in [0.3, 0.4) is 0 Å². The van der Waals surface area contributed by atoms with E-state index in [0.717, 1.165) is 34.2 Å². The molecule has 1 N–H and O–H groups in total. The van der Waals surface area contributed by atoms with Gasteiger partial charge in [-0.25, -0.2) is 4.98 Å². The van der Waals surface area contributed by atoms with E-state index in [1.807, 2.05) is 66.9 Å². The van der Waals surface area contributed by atoms with Crippen LogP contribution in [0.25, 0.3) is 16.9 Å². The molecule has 4 heteroatoms. The number of rotatable bonds is 4. The molecule has 2 heterocycles. The molecule has 0 aliphatic heterocycles. The van der Waals surface area contributed by atoms with Crippen LogP contribution in [0.2, 0.25) is 0 Å². The standard InChI is InChI=1S/C20H17N3O/c1-24-17-12-10-16(11-13-17)21-20-19(15-7-3-2-4-8-15)22-18-9-5-6-14-23(18)20/h2-14,21H,1H3. The van der Waals surface area contributed by atoms with Crippen molar-refractivity contribution in [1.29, 1.82) is 0 Å². The summed E-state index contributed by atoms with van der Waals surface area (Å²) in [6.07, 6.45) is 2.01. The molecular formula is C20H17N3O. The lowest BCUT2D eigenvalue weighted by Crippen LogP contribution is -1.96. The van der Waals surface area contributed by atoms with Gasteiger partial charge in [0.25, 0.3) is 0 Å². The number of nitrogens with zero attached hydrogens (tertiary/aromatic N) is 2. The summed E-state index contributed by atoms with van der Waals surface area (Å²) in [5.74, 6) is 1.78. The van der Waals surface area contributed by atoms with Gasteiger partial charge in [0.1, 0.15) is 22.9 Å². The fourth-order valence-corrected chi connectivity index (χ4v) is 2.72. The third-order valence-corrected chi connectivity index (χ3v) is 3.93. The molecule has 0 amide bonds. The molecule has 0 aliphatic carbocycles. The number of pyridine rings is 1. The highest BCUT2D eigenvalue weighted by Crippen LogP contribution is 2.31. The highest BCUT2D eigenvalue weighted by Gasteiger charge is 2.13. The van der Waals surface area contributed by atoms with E-state index in [9.17, 15) is 0 Å². The predicted octanol–water partition coefficient (Wildman–Crippen LogP) is 4.75. The Labute approximate surface area is 140 Å². The Morgan fingerprint density at radius 1 is 0.875 bits per heavy atom. The van der Waals surface area contributed by atoms with E-state index in [1.54, 1.807) is 7.11 Å². The molecule has 0 atom stereocenters. The molecule has 0 spiro atoms. The molecule has 0 bridgehead atoms. The molecular weight excluding hydrogens is 298 g/mol. The van der Waals surface area contributed by atoms with Crippen molar-refractivity contribution in [2.45, 2.75) is 0 Å². The van der Waals surface area contributed by atoms with Crippen molar-refractivity contribution < 1.29 is 4.74 Å². The van der Waals surface area contributed by atoms with Gasteiger partial charge < -0.3 is 10.1 Å². The maximum Gasteiger partial charge on any atom is 0.143 e. The molecule has 4 aromatic rings. The van der Waals surface area contributed by atoms with Gasteiger partial charge >= 0.3 is 0 Å². The summed E-state index contributed by atoms with van der Waals surface area (Å²) in [6, 6.07) is 24.1. The largest absolute Gasteiger partial charge is 0.497 e. The Morgan fingerprint density at radius 3 is 2.38 bits per heavy atom. The minimum atomic E-state index is 0.835. The van der Waals surface area contributed by atoms with Crippen molar-refractivity contribution in [3.8, 4) is 17.0 Å². The first-order valence-electron chi connectivity index (χ1n) is 7.79. The van der Waals surface area contributed by atoms with Gasteiger partial charge in [-0.2, -0.15) is 0 Å². The average molecular weight is 315 g/mol. The quantitative estimate of drug-likeness (QED) is 0.590. The van der Waals surface area contributed by atoms with Crippen LogP contribution in [0.4, 0.5) is 11.5 Å². The number of ether oxygens (including phenoxy) is 1. The molecule has 118 valence electrons. The topological polar surface area (TPSA) is 38.6 Å². The highest BCUT2D eigenvalue weighted by molar-refractivity contribution is 5.79. The summed E-state index contributed by atoms with van der Waals surface area (Å²) in [5.41, 5.74) is 3.90. The number of methoxy groups -OCH3 is 1. The molecule has 24 heavy (non-hydrogen) atoms. The smallest absolute Gasteiger partial charge is 0.143 e. The van der Waals surface area contributed by atoms with Gasteiger partial charge in [0.05, 0.1) is 7.11 Å². The van der Waals surface area contributed by atoms with E-state index >= 15 is 0 Å². The summed E-state index contributed by atoms with van der Waals surface area (Å²) in [7, 11) is 1.67. The van der Waals surface area contributed by atoms with Crippen LogP contribution in [0, 0.1) is 0 Å². The fourth-order valence-electron chi connectivity index (χ4n) is 2.72. The monoisotopic (exact) mass is 315 g/mol. The Bertz CT molecular complexity index is 959. The average Bonchev–Trinajstić information content (AvgIpc) is 3.02. The molecule has 0 saturated carbocycles. The second-order valence-corrected chi connectivity index (χ2v) is 5.46. The van der Waals surface area contributed by atoms with Crippen molar-refractivity contribution >= 4 is 17.2 Å². The Hall–Kier alpha value is -3.27. The number of nitrogens with one attached hydrogen (secondary N) is 1. The zero-order valence-corrected chi connectivity index (χ0v) is 13.3. The minimum Gasteiger partial charge on any atom is -0.497 e. The van der Waals surface area contributed by atoms with Crippen LogP contribution in [-0.4, -0.2) is 16.5 Å². The van der Waals surface area contributed by atoms with Crippen molar-refractivity contribution in [2.75, 3.05) is 12.4 Å². The van der Waals surface area contributed by atoms with Gasteiger partial charge in [-0.15, -0.1) is 0 Å². The fraction of sp³-hybridized carbons (Fsp3) is 0.0500. The minimum absolute atomic E-state index is 0.835. The molecule has 0 aliphatic rings.